The van der Waals surface area contributed by atoms with Gasteiger partial charge >= 0.3 is 0 Å². The van der Waals surface area contributed by atoms with Crippen molar-refractivity contribution in [3.8, 4) is 17.4 Å². The Morgan fingerprint density at radius 2 is 2.07 bits per heavy atom. The van der Waals surface area contributed by atoms with Crippen molar-refractivity contribution in [2.45, 2.75) is 5.16 Å². The number of amides is 1. The molecule has 0 spiro atoms. The molecule has 0 saturated heterocycles. The predicted octanol–water partition coefficient (Wildman–Crippen LogP) is 3.40. The fraction of sp³-hybridized carbons (Fsp3) is 0.0588. The molecule has 0 aliphatic rings. The Balaban J connectivity index is 1.81. The highest BCUT2D eigenvalue weighted by Gasteiger charge is 2.18. The number of nitrogens with zero attached hydrogens (tertiary/aromatic N) is 3. The molecule has 3 aromatic rings. The lowest BCUT2D eigenvalue weighted by Crippen LogP contribution is -2.13. The van der Waals surface area contributed by atoms with E-state index in [1.165, 1.54) is 6.08 Å². The van der Waals surface area contributed by atoms with Crippen molar-refractivity contribution >= 4 is 50.1 Å². The van der Waals surface area contributed by atoms with Crippen LogP contribution < -0.4 is 5.32 Å². The lowest BCUT2D eigenvalue weighted by Gasteiger charge is -2.00. The summed E-state index contributed by atoms with van der Waals surface area (Å²) in [4.78, 5) is 16.0. The Labute approximate surface area is 169 Å². The number of anilines is 1. The van der Waals surface area contributed by atoms with Gasteiger partial charge in [-0.1, -0.05) is 23.7 Å². The predicted molar refractivity (Wildman–Crippen MR) is 104 cm³/mol. The zero-order chi connectivity index (χ0) is 20.3. The summed E-state index contributed by atoms with van der Waals surface area (Å²) in [6.45, 7) is 0. The monoisotopic (exact) mass is 434 g/mol. The lowest BCUT2D eigenvalue weighted by atomic mass is 10.2. The normalized spacial score (nSPS) is 11.8. The van der Waals surface area contributed by atoms with Gasteiger partial charge in [0.15, 0.2) is 0 Å². The van der Waals surface area contributed by atoms with Crippen molar-refractivity contribution in [2.24, 2.45) is 0 Å². The molecule has 0 unspecified atom stereocenters. The third kappa shape index (κ3) is 4.45. The van der Waals surface area contributed by atoms with Gasteiger partial charge in [-0.05, 0) is 24.3 Å². The highest BCUT2D eigenvalue weighted by Crippen LogP contribution is 2.29. The van der Waals surface area contributed by atoms with Crippen molar-refractivity contribution in [1.82, 2.24) is 9.36 Å². The molecule has 0 fully saturated rings. The smallest absolute Gasteiger partial charge is 0.268 e. The van der Waals surface area contributed by atoms with E-state index < -0.39 is 20.9 Å². The fourth-order valence-corrected chi connectivity index (χ4v) is 3.77. The average molecular weight is 435 g/mol. The number of halogens is 1. The van der Waals surface area contributed by atoms with Gasteiger partial charge in [-0.3, -0.25) is 10.1 Å². The molecule has 28 heavy (non-hydrogen) atoms. The van der Waals surface area contributed by atoms with Crippen molar-refractivity contribution in [3.05, 3.63) is 52.8 Å². The van der Waals surface area contributed by atoms with Gasteiger partial charge in [-0.2, -0.15) is 14.6 Å². The number of hydrogen-bond donors (Lipinski definition) is 1. The van der Waals surface area contributed by atoms with Crippen LogP contribution in [0.2, 0.25) is 5.02 Å². The summed E-state index contributed by atoms with van der Waals surface area (Å²) in [7, 11) is -3.59. The summed E-state index contributed by atoms with van der Waals surface area (Å²) in [5, 5.41) is 11.7. The van der Waals surface area contributed by atoms with Gasteiger partial charge in [-0.25, -0.2) is 8.42 Å². The van der Waals surface area contributed by atoms with Crippen molar-refractivity contribution in [1.29, 1.82) is 5.26 Å². The van der Waals surface area contributed by atoms with Crippen LogP contribution in [-0.4, -0.2) is 29.9 Å². The molecule has 0 atom stereocenters. The van der Waals surface area contributed by atoms with E-state index >= 15 is 0 Å². The largest absolute Gasteiger partial charge is 0.457 e. The molecular formula is C17H11ClN4O4S2. The van der Waals surface area contributed by atoms with E-state index in [0.717, 1.165) is 6.26 Å². The van der Waals surface area contributed by atoms with Crippen LogP contribution in [0.1, 0.15) is 5.76 Å². The third-order valence-electron chi connectivity index (χ3n) is 3.38. The highest BCUT2D eigenvalue weighted by atomic mass is 35.5. The maximum atomic E-state index is 12.3. The van der Waals surface area contributed by atoms with Gasteiger partial charge in [0.25, 0.3) is 11.1 Å². The number of furan rings is 1. The molecule has 142 valence electrons. The van der Waals surface area contributed by atoms with E-state index in [2.05, 4.69) is 14.7 Å². The van der Waals surface area contributed by atoms with Gasteiger partial charge in [0.05, 0.1) is 5.02 Å². The maximum Gasteiger partial charge on any atom is 0.268 e. The molecule has 0 aliphatic carbocycles. The Kier molecular flexibility index (Phi) is 5.60. The second kappa shape index (κ2) is 7.93. The number of rotatable bonds is 5. The Morgan fingerprint density at radius 3 is 2.71 bits per heavy atom. The van der Waals surface area contributed by atoms with Crippen molar-refractivity contribution < 1.29 is 17.6 Å². The number of carbonyl (C=O) groups excluding carboxylic acids is 1. The minimum Gasteiger partial charge on any atom is -0.457 e. The average Bonchev–Trinajstić information content (AvgIpc) is 3.29. The summed E-state index contributed by atoms with van der Waals surface area (Å²) in [6.07, 6.45) is 2.21. The standard InChI is InChI=1S/C17H11ClN4O4S2/c1-28(24,25)17-21-16(27-22-17)20-15(23)10(9-19)8-11-6-7-14(26-11)12-4-2-3-5-13(12)18/h2-8H,1H3,(H,20,21,22,23)/b10-8-. The maximum absolute atomic E-state index is 12.3. The van der Waals surface area contributed by atoms with Crippen LogP contribution >= 0.6 is 23.1 Å². The fourth-order valence-electron chi connectivity index (χ4n) is 2.10. The quantitative estimate of drug-likeness (QED) is 0.481. The highest BCUT2D eigenvalue weighted by molar-refractivity contribution is 7.90. The summed E-state index contributed by atoms with van der Waals surface area (Å²) in [5.41, 5.74) is 0.421. The molecule has 1 amide bonds. The second-order valence-electron chi connectivity index (χ2n) is 5.46. The van der Waals surface area contributed by atoms with Gasteiger partial charge in [0.2, 0.25) is 15.0 Å². The zero-order valence-electron chi connectivity index (χ0n) is 14.2. The van der Waals surface area contributed by atoms with E-state index in [4.69, 9.17) is 16.0 Å². The van der Waals surface area contributed by atoms with Gasteiger partial charge in [0, 0.05) is 29.4 Å². The summed E-state index contributed by atoms with van der Waals surface area (Å²) in [5.74, 6) is -0.0124. The van der Waals surface area contributed by atoms with Gasteiger partial charge in [0.1, 0.15) is 23.2 Å². The van der Waals surface area contributed by atoms with E-state index in [1.54, 1.807) is 42.5 Å². The number of nitriles is 1. The van der Waals surface area contributed by atoms with E-state index in [9.17, 15) is 18.5 Å². The zero-order valence-corrected chi connectivity index (χ0v) is 16.6. The summed E-state index contributed by atoms with van der Waals surface area (Å²) >= 11 is 6.82. The molecule has 2 heterocycles. The molecular weight excluding hydrogens is 424 g/mol. The number of aromatic nitrogens is 2. The Bertz CT molecular complexity index is 1220. The minimum atomic E-state index is -3.59. The third-order valence-corrected chi connectivity index (χ3v) is 5.30. The second-order valence-corrected chi connectivity index (χ2v) is 8.53. The van der Waals surface area contributed by atoms with Crippen LogP contribution in [0.15, 0.2) is 51.5 Å². The molecule has 1 N–H and O–H groups in total. The van der Waals surface area contributed by atoms with Crippen molar-refractivity contribution in [2.75, 3.05) is 11.6 Å². The van der Waals surface area contributed by atoms with Gasteiger partial charge in [-0.15, -0.1) is 0 Å². The molecule has 0 aliphatic heterocycles. The first-order valence-electron chi connectivity index (χ1n) is 7.59. The van der Waals surface area contributed by atoms with Crippen LogP contribution in [0.5, 0.6) is 0 Å². The SMILES string of the molecule is CS(=O)(=O)c1nsc(NC(=O)/C(C#N)=C\c2ccc(-c3ccccc3Cl)o2)n1. The number of carbonyl (C=O) groups is 1. The van der Waals surface area contributed by atoms with Gasteiger partial charge < -0.3 is 4.42 Å². The van der Waals surface area contributed by atoms with Crippen LogP contribution in [0.4, 0.5) is 5.13 Å². The molecule has 1 aromatic carbocycles. The summed E-state index contributed by atoms with van der Waals surface area (Å²) in [6, 6.07) is 12.1. The topological polar surface area (TPSA) is 126 Å². The molecule has 11 heteroatoms. The first-order valence-corrected chi connectivity index (χ1v) is 10.6. The number of benzene rings is 1. The first-order chi connectivity index (χ1) is 13.3. The first kappa shape index (κ1) is 19.8. The number of hydrogen-bond acceptors (Lipinski definition) is 8. The lowest BCUT2D eigenvalue weighted by molar-refractivity contribution is -0.112. The molecule has 0 radical (unpaired) electrons. The van der Waals surface area contributed by atoms with E-state index in [1.807, 2.05) is 0 Å². The molecule has 2 aromatic heterocycles. The van der Waals surface area contributed by atoms with Crippen LogP contribution in [0.3, 0.4) is 0 Å². The number of sulfone groups is 1. The van der Waals surface area contributed by atoms with Crippen LogP contribution in [0, 0.1) is 11.3 Å². The molecule has 8 nitrogen and oxygen atoms in total. The summed E-state index contributed by atoms with van der Waals surface area (Å²) < 4.78 is 32.1. The van der Waals surface area contributed by atoms with Crippen LogP contribution in [-0.2, 0) is 14.6 Å². The van der Waals surface area contributed by atoms with Crippen LogP contribution in [0.25, 0.3) is 17.4 Å². The Morgan fingerprint density at radius 1 is 1.32 bits per heavy atom. The molecule has 0 saturated carbocycles. The molecule has 3 rings (SSSR count). The number of nitrogens with one attached hydrogen (secondary N) is 1. The van der Waals surface area contributed by atoms with Crippen molar-refractivity contribution in [3.63, 3.8) is 0 Å². The Hall–Kier alpha value is -3.00. The van der Waals surface area contributed by atoms with E-state index in [0.29, 0.717) is 27.9 Å². The minimum absolute atomic E-state index is 0.0391. The molecule has 0 bridgehead atoms. The van der Waals surface area contributed by atoms with E-state index in [-0.39, 0.29) is 16.5 Å².